The maximum absolute atomic E-state index is 12.7. The standard InChI is InChI=1S/C36H40O9/c1-5-27(4)40-21-7-8-22-41-30-15-11-28(12-16-30)35(38)44-32-19-20-33(26(3)25-32)45-36(39)29-13-17-31(18-14-29)42-23-9-10-24-43-34(37)6-2/h5-6,11-20,25,27H,1-2,7-10,21-24H2,3-4H3. The average molecular weight is 617 g/mol. The molecule has 0 amide bonds. The lowest BCUT2D eigenvalue weighted by Crippen LogP contribution is -2.11. The molecule has 9 nitrogen and oxygen atoms in total. The van der Waals surface area contributed by atoms with Gasteiger partial charge in [0.05, 0.1) is 37.1 Å². The van der Waals surface area contributed by atoms with Crippen LogP contribution in [0.3, 0.4) is 0 Å². The number of hydrogen-bond donors (Lipinski definition) is 0. The normalized spacial score (nSPS) is 11.2. The van der Waals surface area contributed by atoms with E-state index < -0.39 is 17.9 Å². The Morgan fingerprint density at radius 2 is 1.20 bits per heavy atom. The second-order valence-electron chi connectivity index (χ2n) is 10.0. The Morgan fingerprint density at radius 3 is 1.73 bits per heavy atom. The quantitative estimate of drug-likeness (QED) is 0.0459. The molecule has 3 aromatic carbocycles. The van der Waals surface area contributed by atoms with Crippen LogP contribution in [-0.2, 0) is 14.3 Å². The van der Waals surface area contributed by atoms with Gasteiger partial charge in [0.2, 0.25) is 0 Å². The molecule has 0 aliphatic rings. The summed E-state index contributed by atoms with van der Waals surface area (Å²) in [5.74, 6) is 0.451. The second kappa shape index (κ2) is 18.7. The van der Waals surface area contributed by atoms with Crippen LogP contribution in [0.1, 0.15) is 58.9 Å². The highest BCUT2D eigenvalue weighted by atomic mass is 16.5. The zero-order valence-corrected chi connectivity index (χ0v) is 25.8. The van der Waals surface area contributed by atoms with Gasteiger partial charge in [-0.25, -0.2) is 14.4 Å². The summed E-state index contributed by atoms with van der Waals surface area (Å²) in [4.78, 5) is 36.4. The number of ether oxygens (including phenoxy) is 6. The van der Waals surface area contributed by atoms with Crippen molar-refractivity contribution in [3.05, 3.63) is 109 Å². The number of carbonyl (C=O) groups is 3. The molecule has 0 spiro atoms. The molecule has 0 aliphatic heterocycles. The second-order valence-corrected chi connectivity index (χ2v) is 10.0. The van der Waals surface area contributed by atoms with E-state index >= 15 is 0 Å². The fourth-order valence-electron chi connectivity index (χ4n) is 3.86. The molecule has 0 bridgehead atoms. The molecule has 9 heteroatoms. The van der Waals surface area contributed by atoms with Gasteiger partial charge in [0.15, 0.2) is 0 Å². The van der Waals surface area contributed by atoms with Crippen LogP contribution in [0.2, 0.25) is 0 Å². The first-order chi connectivity index (χ1) is 21.8. The summed E-state index contributed by atoms with van der Waals surface area (Å²) in [6.45, 7) is 12.7. The van der Waals surface area contributed by atoms with Crippen molar-refractivity contribution in [2.75, 3.05) is 26.4 Å². The Bertz CT molecular complexity index is 1410. The van der Waals surface area contributed by atoms with Gasteiger partial charge in [0.1, 0.15) is 23.0 Å². The van der Waals surface area contributed by atoms with E-state index in [1.807, 2.05) is 6.92 Å². The Labute approximate surface area is 264 Å². The van der Waals surface area contributed by atoms with Gasteiger partial charge in [-0.15, -0.1) is 6.58 Å². The van der Waals surface area contributed by atoms with E-state index in [0.29, 0.717) is 79.0 Å². The molecule has 0 aliphatic carbocycles. The van der Waals surface area contributed by atoms with Crippen LogP contribution in [0.5, 0.6) is 23.0 Å². The zero-order chi connectivity index (χ0) is 32.4. The van der Waals surface area contributed by atoms with E-state index in [2.05, 4.69) is 13.2 Å². The number of rotatable bonds is 19. The smallest absolute Gasteiger partial charge is 0.343 e. The van der Waals surface area contributed by atoms with Crippen molar-refractivity contribution in [2.45, 2.75) is 45.6 Å². The Balaban J connectivity index is 1.41. The largest absolute Gasteiger partial charge is 0.494 e. The molecule has 1 unspecified atom stereocenters. The van der Waals surface area contributed by atoms with E-state index in [1.54, 1.807) is 79.7 Å². The van der Waals surface area contributed by atoms with Gasteiger partial charge in [0, 0.05) is 12.7 Å². The Hall–Kier alpha value is -4.89. The summed E-state index contributed by atoms with van der Waals surface area (Å²) in [6, 6.07) is 18.1. The first kappa shape index (κ1) is 34.6. The van der Waals surface area contributed by atoms with Gasteiger partial charge < -0.3 is 28.4 Å². The molecule has 3 aromatic rings. The zero-order valence-electron chi connectivity index (χ0n) is 25.8. The third kappa shape index (κ3) is 12.3. The molecule has 0 heterocycles. The molecule has 1 atom stereocenters. The predicted molar refractivity (Wildman–Crippen MR) is 170 cm³/mol. The Morgan fingerprint density at radius 1 is 0.689 bits per heavy atom. The molecule has 0 N–H and O–H groups in total. The molecular formula is C36H40O9. The highest BCUT2D eigenvalue weighted by Crippen LogP contribution is 2.26. The lowest BCUT2D eigenvalue weighted by Gasteiger charge is -2.11. The topological polar surface area (TPSA) is 107 Å². The molecule has 0 fully saturated rings. The first-order valence-electron chi connectivity index (χ1n) is 14.8. The summed E-state index contributed by atoms with van der Waals surface area (Å²) in [5, 5.41) is 0. The first-order valence-corrected chi connectivity index (χ1v) is 14.8. The van der Waals surface area contributed by atoms with Crippen LogP contribution in [0, 0.1) is 6.92 Å². The van der Waals surface area contributed by atoms with Gasteiger partial charge in [-0.3, -0.25) is 0 Å². The van der Waals surface area contributed by atoms with Gasteiger partial charge >= 0.3 is 17.9 Å². The maximum Gasteiger partial charge on any atom is 0.343 e. The molecule has 3 rings (SSSR count). The molecule has 0 aromatic heterocycles. The SMILES string of the molecule is C=CC(=O)OCCCCOc1ccc(C(=O)Oc2ccc(OC(=O)c3ccc(OCCCCOC(C)C=C)cc3)cc2C)cc1. The van der Waals surface area contributed by atoms with Crippen molar-refractivity contribution in [3.8, 4) is 23.0 Å². The van der Waals surface area contributed by atoms with Crippen LogP contribution < -0.4 is 18.9 Å². The van der Waals surface area contributed by atoms with Gasteiger partial charge in [0.25, 0.3) is 0 Å². The van der Waals surface area contributed by atoms with Gasteiger partial charge in [-0.1, -0.05) is 12.7 Å². The highest BCUT2D eigenvalue weighted by Gasteiger charge is 2.14. The lowest BCUT2D eigenvalue weighted by atomic mass is 10.2. The minimum Gasteiger partial charge on any atom is -0.494 e. The van der Waals surface area contributed by atoms with Crippen molar-refractivity contribution >= 4 is 17.9 Å². The summed E-state index contributed by atoms with van der Waals surface area (Å²) < 4.78 is 32.9. The molecule has 45 heavy (non-hydrogen) atoms. The monoisotopic (exact) mass is 616 g/mol. The fraction of sp³-hybridized carbons (Fsp3) is 0.306. The van der Waals surface area contributed by atoms with Crippen molar-refractivity contribution in [2.24, 2.45) is 0 Å². The highest BCUT2D eigenvalue weighted by molar-refractivity contribution is 5.92. The summed E-state index contributed by atoms with van der Waals surface area (Å²) in [7, 11) is 0. The van der Waals surface area contributed by atoms with Crippen LogP contribution in [0.15, 0.2) is 92.0 Å². The predicted octanol–water partition coefficient (Wildman–Crippen LogP) is 7.07. The molecule has 0 saturated carbocycles. The number of aryl methyl sites for hydroxylation is 1. The third-order valence-corrected chi connectivity index (χ3v) is 6.48. The molecule has 0 radical (unpaired) electrons. The lowest BCUT2D eigenvalue weighted by molar-refractivity contribution is -0.137. The maximum atomic E-state index is 12.7. The summed E-state index contributed by atoms with van der Waals surface area (Å²) >= 11 is 0. The van der Waals surface area contributed by atoms with E-state index in [1.165, 1.54) is 0 Å². The summed E-state index contributed by atoms with van der Waals surface area (Å²) in [5.41, 5.74) is 1.36. The number of unbranched alkanes of at least 4 members (excludes halogenated alkanes) is 2. The van der Waals surface area contributed by atoms with E-state index in [-0.39, 0.29) is 6.10 Å². The van der Waals surface area contributed by atoms with Crippen molar-refractivity contribution in [3.63, 3.8) is 0 Å². The van der Waals surface area contributed by atoms with E-state index in [0.717, 1.165) is 18.9 Å². The fourth-order valence-corrected chi connectivity index (χ4v) is 3.86. The van der Waals surface area contributed by atoms with Crippen molar-refractivity contribution in [1.82, 2.24) is 0 Å². The molecular weight excluding hydrogens is 576 g/mol. The van der Waals surface area contributed by atoms with Crippen LogP contribution in [-0.4, -0.2) is 50.4 Å². The number of hydrogen-bond acceptors (Lipinski definition) is 9. The minimum atomic E-state index is -0.531. The van der Waals surface area contributed by atoms with E-state index in [4.69, 9.17) is 28.4 Å². The average Bonchev–Trinajstić information content (AvgIpc) is 3.05. The Kier molecular flexibility index (Phi) is 14.4. The van der Waals surface area contributed by atoms with Crippen molar-refractivity contribution < 1.29 is 42.8 Å². The van der Waals surface area contributed by atoms with Gasteiger partial charge in [-0.05, 0) is 112 Å². The number of esters is 3. The number of benzene rings is 3. The minimum absolute atomic E-state index is 0.0424. The van der Waals surface area contributed by atoms with Crippen molar-refractivity contribution in [1.29, 1.82) is 0 Å². The molecule has 0 saturated heterocycles. The van der Waals surface area contributed by atoms with Crippen LogP contribution in [0.4, 0.5) is 0 Å². The molecule has 238 valence electrons. The third-order valence-electron chi connectivity index (χ3n) is 6.48. The van der Waals surface area contributed by atoms with Crippen LogP contribution >= 0.6 is 0 Å². The van der Waals surface area contributed by atoms with Gasteiger partial charge in [-0.2, -0.15) is 0 Å². The number of carbonyl (C=O) groups excluding carboxylic acids is 3. The van der Waals surface area contributed by atoms with Crippen LogP contribution in [0.25, 0.3) is 0 Å². The van der Waals surface area contributed by atoms with E-state index in [9.17, 15) is 14.4 Å². The summed E-state index contributed by atoms with van der Waals surface area (Å²) in [6.07, 6.45) is 6.02.